The molecule has 0 bridgehead atoms. The van der Waals surface area contributed by atoms with Gasteiger partial charge in [-0.05, 0) is 50.8 Å². The Morgan fingerprint density at radius 3 is 2.53 bits per heavy atom. The molecule has 0 saturated heterocycles. The summed E-state index contributed by atoms with van der Waals surface area (Å²) in [6, 6.07) is 11.5. The van der Waals surface area contributed by atoms with Gasteiger partial charge in [0.15, 0.2) is 0 Å². The van der Waals surface area contributed by atoms with Crippen molar-refractivity contribution in [3.05, 3.63) is 59.4 Å². The number of hydrogen-bond donors (Lipinski definition) is 2. The SMILES string of the molecule is CC(C)C(=O)NCc1cc(O[C@@H]2CC[C@H](NC(=O)OC(C)(C)C)c3ccccc32)ccn1. The van der Waals surface area contributed by atoms with E-state index in [4.69, 9.17) is 9.47 Å². The molecule has 0 saturated carbocycles. The lowest BCUT2D eigenvalue weighted by atomic mass is 9.85. The van der Waals surface area contributed by atoms with Gasteiger partial charge in [-0.3, -0.25) is 9.78 Å². The first-order valence-corrected chi connectivity index (χ1v) is 11.1. The molecule has 0 radical (unpaired) electrons. The minimum absolute atomic E-state index is 0.0112. The molecule has 32 heavy (non-hydrogen) atoms. The van der Waals surface area contributed by atoms with Crippen molar-refractivity contribution in [1.82, 2.24) is 15.6 Å². The lowest BCUT2D eigenvalue weighted by Gasteiger charge is -2.32. The van der Waals surface area contributed by atoms with E-state index in [1.807, 2.05) is 71.0 Å². The zero-order valence-corrected chi connectivity index (χ0v) is 19.5. The normalized spacial score (nSPS) is 17.9. The second-order valence-electron chi connectivity index (χ2n) is 9.37. The van der Waals surface area contributed by atoms with E-state index < -0.39 is 11.7 Å². The molecular weight excluding hydrogens is 406 g/mol. The molecule has 1 aromatic heterocycles. The van der Waals surface area contributed by atoms with Crippen molar-refractivity contribution < 1.29 is 19.1 Å². The molecule has 0 fully saturated rings. The molecule has 2 aromatic rings. The Labute approximate surface area is 189 Å². The highest BCUT2D eigenvalue weighted by Gasteiger charge is 2.30. The standard InChI is InChI=1S/C25H33N3O4/c1-16(2)23(29)27-15-17-14-18(12-13-26-17)31-22-11-10-21(19-8-6-7-9-20(19)22)28-24(30)32-25(3,4)5/h6-9,12-14,16,21-22H,10-11,15H2,1-5H3,(H,27,29)(H,28,30)/t21-,22+/m0/s1. The van der Waals surface area contributed by atoms with Gasteiger partial charge in [0.25, 0.3) is 0 Å². The van der Waals surface area contributed by atoms with Crippen LogP contribution in [0.15, 0.2) is 42.6 Å². The number of fused-ring (bicyclic) bond motifs is 1. The van der Waals surface area contributed by atoms with Crippen molar-refractivity contribution in [3.63, 3.8) is 0 Å². The fraction of sp³-hybridized carbons (Fsp3) is 0.480. The molecule has 2 amide bonds. The summed E-state index contributed by atoms with van der Waals surface area (Å²) in [5.41, 5.74) is 2.28. The summed E-state index contributed by atoms with van der Waals surface area (Å²) in [4.78, 5) is 28.5. The number of pyridine rings is 1. The maximum Gasteiger partial charge on any atom is 0.408 e. The summed E-state index contributed by atoms with van der Waals surface area (Å²) in [6.07, 6.45) is 2.62. The minimum Gasteiger partial charge on any atom is -0.486 e. The van der Waals surface area contributed by atoms with Gasteiger partial charge in [-0.1, -0.05) is 38.1 Å². The molecule has 1 aliphatic carbocycles. The van der Waals surface area contributed by atoms with Gasteiger partial charge in [0.1, 0.15) is 17.5 Å². The Morgan fingerprint density at radius 1 is 1.12 bits per heavy atom. The molecule has 0 aliphatic heterocycles. The molecule has 1 aromatic carbocycles. The van der Waals surface area contributed by atoms with Gasteiger partial charge >= 0.3 is 6.09 Å². The number of nitrogens with zero attached hydrogens (tertiary/aromatic N) is 1. The van der Waals surface area contributed by atoms with Crippen molar-refractivity contribution in [1.29, 1.82) is 0 Å². The van der Waals surface area contributed by atoms with Crippen molar-refractivity contribution in [2.24, 2.45) is 5.92 Å². The van der Waals surface area contributed by atoms with Crippen molar-refractivity contribution in [3.8, 4) is 5.75 Å². The summed E-state index contributed by atoms with van der Waals surface area (Å²) in [5.74, 6) is 0.616. The quantitative estimate of drug-likeness (QED) is 0.673. The van der Waals surface area contributed by atoms with Crippen LogP contribution in [0.3, 0.4) is 0 Å². The molecular formula is C25H33N3O4. The van der Waals surface area contributed by atoms with Crippen molar-refractivity contribution >= 4 is 12.0 Å². The van der Waals surface area contributed by atoms with Crippen LogP contribution in [0.4, 0.5) is 4.79 Å². The monoisotopic (exact) mass is 439 g/mol. The Bertz CT molecular complexity index is 952. The highest BCUT2D eigenvalue weighted by Crippen LogP contribution is 2.38. The van der Waals surface area contributed by atoms with Crippen LogP contribution in [0, 0.1) is 5.92 Å². The summed E-state index contributed by atoms with van der Waals surface area (Å²) < 4.78 is 11.7. The first-order chi connectivity index (χ1) is 15.1. The van der Waals surface area contributed by atoms with E-state index in [0.717, 1.165) is 29.7 Å². The number of carbonyl (C=O) groups is 2. The number of amides is 2. The van der Waals surface area contributed by atoms with E-state index in [9.17, 15) is 9.59 Å². The van der Waals surface area contributed by atoms with Gasteiger partial charge in [-0.25, -0.2) is 4.79 Å². The first kappa shape index (κ1) is 23.6. The Balaban J connectivity index is 1.69. The summed E-state index contributed by atoms with van der Waals surface area (Å²) >= 11 is 0. The fourth-order valence-corrected chi connectivity index (χ4v) is 3.64. The third kappa shape index (κ3) is 6.45. The van der Waals surface area contributed by atoms with Crippen LogP contribution >= 0.6 is 0 Å². The van der Waals surface area contributed by atoms with E-state index in [-0.39, 0.29) is 24.0 Å². The molecule has 172 valence electrons. The predicted octanol–water partition coefficient (Wildman–Crippen LogP) is 4.83. The molecule has 1 heterocycles. The maximum atomic E-state index is 12.3. The van der Waals surface area contributed by atoms with Gasteiger partial charge in [-0.2, -0.15) is 0 Å². The van der Waals surface area contributed by atoms with Gasteiger partial charge in [0.2, 0.25) is 5.91 Å². The van der Waals surface area contributed by atoms with E-state index in [2.05, 4.69) is 15.6 Å². The van der Waals surface area contributed by atoms with Gasteiger partial charge in [0.05, 0.1) is 18.3 Å². The lowest BCUT2D eigenvalue weighted by Crippen LogP contribution is -2.37. The second kappa shape index (κ2) is 10.0. The molecule has 7 nitrogen and oxygen atoms in total. The number of alkyl carbamates (subject to hydrolysis) is 1. The van der Waals surface area contributed by atoms with Crippen LogP contribution in [0.2, 0.25) is 0 Å². The number of rotatable bonds is 6. The van der Waals surface area contributed by atoms with Crippen LogP contribution < -0.4 is 15.4 Å². The molecule has 3 rings (SSSR count). The number of ether oxygens (including phenoxy) is 2. The minimum atomic E-state index is -0.544. The summed E-state index contributed by atoms with van der Waals surface area (Å²) in [5, 5.41) is 5.87. The highest BCUT2D eigenvalue weighted by atomic mass is 16.6. The van der Waals surface area contributed by atoms with Gasteiger partial charge in [-0.15, -0.1) is 0 Å². The van der Waals surface area contributed by atoms with Gasteiger partial charge in [0, 0.05) is 18.2 Å². The summed E-state index contributed by atoms with van der Waals surface area (Å²) in [6.45, 7) is 9.62. The largest absolute Gasteiger partial charge is 0.486 e. The van der Waals surface area contributed by atoms with E-state index in [1.54, 1.807) is 6.20 Å². The second-order valence-corrected chi connectivity index (χ2v) is 9.37. The molecule has 0 unspecified atom stereocenters. The molecule has 7 heteroatoms. The van der Waals surface area contributed by atoms with Crippen LogP contribution in [-0.4, -0.2) is 22.6 Å². The van der Waals surface area contributed by atoms with Crippen LogP contribution in [-0.2, 0) is 16.1 Å². The third-order valence-corrected chi connectivity index (χ3v) is 5.16. The first-order valence-electron chi connectivity index (χ1n) is 11.1. The summed E-state index contributed by atoms with van der Waals surface area (Å²) in [7, 11) is 0. The average Bonchev–Trinajstić information content (AvgIpc) is 2.72. The Morgan fingerprint density at radius 2 is 1.84 bits per heavy atom. The Kier molecular flexibility index (Phi) is 7.38. The molecule has 2 atom stereocenters. The van der Waals surface area contributed by atoms with Crippen molar-refractivity contribution in [2.45, 2.75) is 71.8 Å². The van der Waals surface area contributed by atoms with E-state index >= 15 is 0 Å². The number of hydrogen-bond acceptors (Lipinski definition) is 5. The van der Waals surface area contributed by atoms with E-state index in [0.29, 0.717) is 12.3 Å². The number of aromatic nitrogens is 1. The number of nitrogens with one attached hydrogen (secondary N) is 2. The zero-order chi connectivity index (χ0) is 23.3. The molecule has 2 N–H and O–H groups in total. The third-order valence-electron chi connectivity index (χ3n) is 5.16. The molecule has 1 aliphatic rings. The topological polar surface area (TPSA) is 89.6 Å². The zero-order valence-electron chi connectivity index (χ0n) is 19.5. The average molecular weight is 440 g/mol. The van der Waals surface area contributed by atoms with E-state index in [1.165, 1.54) is 0 Å². The molecule has 0 spiro atoms. The maximum absolute atomic E-state index is 12.3. The fourth-order valence-electron chi connectivity index (χ4n) is 3.64. The van der Waals surface area contributed by atoms with Crippen LogP contribution in [0.25, 0.3) is 0 Å². The van der Waals surface area contributed by atoms with Crippen LogP contribution in [0.1, 0.15) is 76.4 Å². The number of benzene rings is 1. The van der Waals surface area contributed by atoms with Crippen LogP contribution in [0.5, 0.6) is 5.75 Å². The van der Waals surface area contributed by atoms with Crippen molar-refractivity contribution in [2.75, 3.05) is 0 Å². The van der Waals surface area contributed by atoms with Gasteiger partial charge < -0.3 is 20.1 Å². The smallest absolute Gasteiger partial charge is 0.408 e. The predicted molar refractivity (Wildman–Crippen MR) is 122 cm³/mol. The number of carbonyl (C=O) groups excluding carboxylic acids is 2. The lowest BCUT2D eigenvalue weighted by molar-refractivity contribution is -0.124. The highest BCUT2D eigenvalue weighted by molar-refractivity contribution is 5.77. The Hall–Kier alpha value is -3.09.